The van der Waals surface area contributed by atoms with Gasteiger partial charge in [-0.2, -0.15) is 0 Å². The molecule has 5 heteroatoms. The molecule has 0 amide bonds. The SMILES string of the molecule is C=C1[C@H]2C[C@@H](O)[C@@]3(C(=O)C[C@@H]4[C@](C)(COC(C)=O)CCC[C@@]4(C)[C@@H]3C2)[C@@H]1O. The van der Waals surface area contributed by atoms with Crippen LogP contribution in [0.1, 0.15) is 59.3 Å². The molecule has 5 saturated carbocycles. The Labute approximate surface area is 161 Å². The molecule has 0 unspecified atom stereocenters. The van der Waals surface area contributed by atoms with Crippen molar-refractivity contribution >= 4 is 11.8 Å². The van der Waals surface area contributed by atoms with Gasteiger partial charge in [-0.15, -0.1) is 0 Å². The molecule has 5 aliphatic rings. The van der Waals surface area contributed by atoms with Gasteiger partial charge in [0.15, 0.2) is 0 Å². The van der Waals surface area contributed by atoms with Gasteiger partial charge in [0.25, 0.3) is 0 Å². The number of aliphatic hydroxyl groups is 2. The highest BCUT2D eigenvalue weighted by atomic mass is 16.5. The average Bonchev–Trinajstić information content (AvgIpc) is 2.60. The zero-order chi connectivity index (χ0) is 19.8. The van der Waals surface area contributed by atoms with E-state index in [4.69, 9.17) is 4.74 Å². The fraction of sp³-hybridized carbons (Fsp3) is 0.818. The molecule has 0 saturated heterocycles. The number of aliphatic hydroxyl groups excluding tert-OH is 2. The predicted molar refractivity (Wildman–Crippen MR) is 99.6 cm³/mol. The van der Waals surface area contributed by atoms with Gasteiger partial charge in [0, 0.05) is 18.8 Å². The van der Waals surface area contributed by atoms with Crippen molar-refractivity contribution in [3.8, 4) is 0 Å². The molecule has 5 rings (SSSR count). The Morgan fingerprint density at radius 2 is 1.93 bits per heavy atom. The van der Waals surface area contributed by atoms with Crippen molar-refractivity contribution in [2.75, 3.05) is 6.61 Å². The van der Waals surface area contributed by atoms with Crippen LogP contribution in [0.2, 0.25) is 0 Å². The highest BCUT2D eigenvalue weighted by Crippen LogP contribution is 2.70. The summed E-state index contributed by atoms with van der Waals surface area (Å²) in [5.41, 5.74) is -0.788. The van der Waals surface area contributed by atoms with Crippen LogP contribution in [0.25, 0.3) is 0 Å². The van der Waals surface area contributed by atoms with Crippen LogP contribution in [0, 0.1) is 34.0 Å². The minimum Gasteiger partial charge on any atom is -0.465 e. The van der Waals surface area contributed by atoms with Crippen LogP contribution in [-0.4, -0.2) is 40.8 Å². The standard InChI is InChI=1S/C22H32O5/c1-12-14-8-16-21(4)7-5-6-20(3,11-27-13(2)23)15(21)10-18(25)22(16,19(12)26)17(24)9-14/h14-17,19,24,26H,1,5-11H2,2-4H3/t14-,15-,16+,17-,19-,20+,21-,22+/m1/s1. The number of carbonyl (C=O) groups is 2. The Hall–Kier alpha value is -1.20. The van der Waals surface area contributed by atoms with Crippen LogP contribution in [0.4, 0.5) is 0 Å². The third kappa shape index (κ3) is 2.30. The van der Waals surface area contributed by atoms with Crippen molar-refractivity contribution in [2.24, 2.45) is 34.0 Å². The van der Waals surface area contributed by atoms with E-state index in [1.165, 1.54) is 6.92 Å². The summed E-state index contributed by atoms with van der Waals surface area (Å²) in [6.45, 7) is 10.2. The second-order valence-electron chi connectivity index (χ2n) is 10.1. The maximum absolute atomic E-state index is 13.5. The third-order valence-electron chi connectivity index (χ3n) is 8.86. The number of fused-ring (bicyclic) bond motifs is 3. The van der Waals surface area contributed by atoms with Crippen LogP contribution in [0.5, 0.6) is 0 Å². The van der Waals surface area contributed by atoms with Gasteiger partial charge in [-0.25, -0.2) is 0 Å². The van der Waals surface area contributed by atoms with Gasteiger partial charge < -0.3 is 14.9 Å². The lowest BCUT2D eigenvalue weighted by molar-refractivity contribution is -0.234. The summed E-state index contributed by atoms with van der Waals surface area (Å²) in [4.78, 5) is 24.9. The Bertz CT molecular complexity index is 701. The highest BCUT2D eigenvalue weighted by molar-refractivity contribution is 5.89. The first-order valence-electron chi connectivity index (χ1n) is 10.3. The molecule has 27 heavy (non-hydrogen) atoms. The molecule has 0 heterocycles. The van der Waals surface area contributed by atoms with Gasteiger partial charge in [-0.3, -0.25) is 9.59 Å². The number of ketones is 1. The van der Waals surface area contributed by atoms with Crippen molar-refractivity contribution in [3.05, 3.63) is 12.2 Å². The van der Waals surface area contributed by atoms with E-state index in [9.17, 15) is 19.8 Å². The molecule has 5 nitrogen and oxygen atoms in total. The zero-order valence-corrected chi connectivity index (χ0v) is 16.7. The summed E-state index contributed by atoms with van der Waals surface area (Å²) in [5.74, 6) is -0.200. The molecule has 2 bridgehead atoms. The predicted octanol–water partition coefficient (Wildman–Crippen LogP) is 2.64. The summed E-state index contributed by atoms with van der Waals surface area (Å²) in [6, 6.07) is 0. The lowest BCUT2D eigenvalue weighted by atomic mass is 9.35. The van der Waals surface area contributed by atoms with Crippen molar-refractivity contribution in [1.29, 1.82) is 0 Å². The first-order chi connectivity index (χ1) is 12.6. The number of rotatable bonds is 2. The summed E-state index contributed by atoms with van der Waals surface area (Å²) in [5, 5.41) is 22.0. The summed E-state index contributed by atoms with van der Waals surface area (Å²) < 4.78 is 5.41. The minimum absolute atomic E-state index is 0.0229. The summed E-state index contributed by atoms with van der Waals surface area (Å²) in [6.07, 6.45) is 2.84. The van der Waals surface area contributed by atoms with Gasteiger partial charge in [0.05, 0.1) is 24.2 Å². The van der Waals surface area contributed by atoms with Crippen LogP contribution in [0.15, 0.2) is 12.2 Å². The zero-order valence-electron chi connectivity index (χ0n) is 16.7. The van der Waals surface area contributed by atoms with Crippen LogP contribution >= 0.6 is 0 Å². The maximum atomic E-state index is 13.5. The van der Waals surface area contributed by atoms with Gasteiger partial charge >= 0.3 is 5.97 Å². The fourth-order valence-electron chi connectivity index (χ4n) is 7.54. The number of carbonyl (C=O) groups excluding carboxylic acids is 2. The quantitative estimate of drug-likeness (QED) is 0.572. The molecule has 2 N–H and O–H groups in total. The molecule has 5 aliphatic carbocycles. The third-order valence-corrected chi connectivity index (χ3v) is 8.86. The van der Waals surface area contributed by atoms with Crippen molar-refractivity contribution in [1.82, 2.24) is 0 Å². The van der Waals surface area contributed by atoms with Crippen LogP contribution < -0.4 is 0 Å². The Kier molecular flexibility index (Phi) is 4.18. The number of esters is 1. The van der Waals surface area contributed by atoms with E-state index >= 15 is 0 Å². The number of hydrogen-bond donors (Lipinski definition) is 2. The van der Waals surface area contributed by atoms with Gasteiger partial charge in [-0.1, -0.05) is 26.8 Å². The Morgan fingerprint density at radius 3 is 2.59 bits per heavy atom. The normalized spacial score (nSPS) is 51.5. The lowest BCUT2D eigenvalue weighted by Crippen LogP contribution is -2.72. The molecule has 5 fully saturated rings. The molecular formula is C22H32O5. The van der Waals surface area contributed by atoms with Crippen LogP contribution in [0.3, 0.4) is 0 Å². The molecule has 8 atom stereocenters. The monoisotopic (exact) mass is 376 g/mol. The number of ether oxygens (including phenoxy) is 1. The summed E-state index contributed by atoms with van der Waals surface area (Å²) >= 11 is 0. The molecule has 0 aliphatic heterocycles. The average molecular weight is 376 g/mol. The smallest absolute Gasteiger partial charge is 0.302 e. The first kappa shape index (κ1) is 19.1. The van der Waals surface area contributed by atoms with E-state index in [-0.39, 0.29) is 40.3 Å². The van der Waals surface area contributed by atoms with E-state index in [2.05, 4.69) is 20.4 Å². The number of hydrogen-bond acceptors (Lipinski definition) is 5. The largest absolute Gasteiger partial charge is 0.465 e. The van der Waals surface area contributed by atoms with E-state index < -0.39 is 17.6 Å². The molecule has 0 radical (unpaired) electrons. The number of Topliss-reactive ketones (excluding diaryl/α,β-unsaturated/α-hetero) is 1. The van der Waals surface area contributed by atoms with E-state index in [0.717, 1.165) is 31.3 Å². The second-order valence-corrected chi connectivity index (χ2v) is 10.1. The van der Waals surface area contributed by atoms with Crippen molar-refractivity contribution in [3.63, 3.8) is 0 Å². The molecule has 1 spiro atoms. The molecule has 0 aromatic carbocycles. The summed E-state index contributed by atoms with van der Waals surface area (Å²) in [7, 11) is 0. The van der Waals surface area contributed by atoms with Gasteiger partial charge in [-0.05, 0) is 54.4 Å². The van der Waals surface area contributed by atoms with Crippen molar-refractivity contribution in [2.45, 2.75) is 71.5 Å². The van der Waals surface area contributed by atoms with E-state index in [1.807, 2.05) is 0 Å². The maximum Gasteiger partial charge on any atom is 0.302 e. The van der Waals surface area contributed by atoms with Crippen molar-refractivity contribution < 1.29 is 24.5 Å². The van der Waals surface area contributed by atoms with Crippen LogP contribution in [-0.2, 0) is 14.3 Å². The van der Waals surface area contributed by atoms with Gasteiger partial charge in [0.2, 0.25) is 0 Å². The molecule has 150 valence electrons. The minimum atomic E-state index is -1.10. The Balaban J connectivity index is 1.77. The lowest BCUT2D eigenvalue weighted by Gasteiger charge is -2.69. The molecular weight excluding hydrogens is 344 g/mol. The molecule has 0 aromatic rings. The molecule has 0 aromatic heterocycles. The van der Waals surface area contributed by atoms with E-state index in [0.29, 0.717) is 19.4 Å². The second kappa shape index (κ2) is 5.90. The highest BCUT2D eigenvalue weighted by Gasteiger charge is 2.72. The topological polar surface area (TPSA) is 83.8 Å². The Morgan fingerprint density at radius 1 is 1.22 bits per heavy atom. The van der Waals surface area contributed by atoms with E-state index in [1.54, 1.807) is 0 Å². The fourth-order valence-corrected chi connectivity index (χ4v) is 7.54. The first-order valence-corrected chi connectivity index (χ1v) is 10.3. The van der Waals surface area contributed by atoms with Gasteiger partial charge in [0.1, 0.15) is 5.78 Å².